The number of Topliss-reactive ketones (excluding diaryl/α,β-unsaturated/α-hetero) is 2. The van der Waals surface area contributed by atoms with Crippen molar-refractivity contribution in [3.05, 3.63) is 113 Å². The number of carbonyl (C=O) groups excluding carboxylic acids is 9. The van der Waals surface area contributed by atoms with Gasteiger partial charge in [-0.3, -0.25) is 52.7 Å². The normalized spacial score (nSPS) is 19.9. The maximum Gasteiger partial charge on any atom is 0.243 e. The topological polar surface area (TPSA) is 357 Å². The van der Waals surface area contributed by atoms with Crippen molar-refractivity contribution in [1.29, 1.82) is 0 Å². The van der Waals surface area contributed by atoms with Crippen LogP contribution in [0.4, 0.5) is 0 Å². The van der Waals surface area contributed by atoms with E-state index in [1.54, 1.807) is 53.5 Å². The molecule has 5 aromatic rings. The Morgan fingerprint density at radius 2 is 1.34 bits per heavy atom. The van der Waals surface area contributed by atoms with Crippen LogP contribution in [0.1, 0.15) is 190 Å². The number of nitrogens with zero attached hydrogens (tertiary/aromatic N) is 4. The van der Waals surface area contributed by atoms with Crippen LogP contribution in [0.5, 0.6) is 5.75 Å². The van der Waals surface area contributed by atoms with E-state index in [1.807, 2.05) is 29.2 Å². The number of benzene rings is 3. The Balaban J connectivity index is 1.13. The summed E-state index contributed by atoms with van der Waals surface area (Å²) in [6.07, 6.45) is 21.7. The van der Waals surface area contributed by atoms with Gasteiger partial charge in [-0.05, 0) is 124 Å². The number of unbranched alkanes of at least 4 members (excludes halogenated alkanes) is 14. The Kier molecular flexibility index (Phi) is 35.2. The number of H-pyrrole nitrogens is 1. The number of phenols is 1. The van der Waals surface area contributed by atoms with E-state index in [4.69, 9.17) is 27.8 Å². The van der Waals surface area contributed by atoms with Crippen LogP contribution in [0.3, 0.4) is 0 Å². The molecule has 12 N–H and O–H groups in total. The number of hydrogen-bond donors (Lipinski definition) is 10. The monoisotopic (exact) mass is 1420 g/mol. The van der Waals surface area contributed by atoms with Crippen molar-refractivity contribution in [1.82, 2.24) is 56.8 Å². The summed E-state index contributed by atoms with van der Waals surface area (Å²) in [5.41, 5.74) is 15.0. The fraction of sp³-hybridized carbons (Fsp3) is 0.592. The highest BCUT2D eigenvalue weighted by molar-refractivity contribution is 6.30. The second-order valence-electron chi connectivity index (χ2n) is 27.5. The Labute approximate surface area is 599 Å². The quantitative estimate of drug-likeness (QED) is 0.0171. The zero-order valence-corrected chi connectivity index (χ0v) is 59.9. The van der Waals surface area contributed by atoms with Crippen LogP contribution in [0, 0.1) is 11.8 Å². The molecule has 1 saturated heterocycles. The average Bonchev–Trinajstić information content (AvgIpc) is 1.75. The number of ketones is 2. The third-order valence-corrected chi connectivity index (χ3v) is 19.5. The number of morpholine rings is 1. The number of ether oxygens (including phenoxy) is 1. The molecule has 24 nitrogen and oxygen atoms in total. The summed E-state index contributed by atoms with van der Waals surface area (Å²) in [4.78, 5) is 135. The van der Waals surface area contributed by atoms with Gasteiger partial charge in [0, 0.05) is 98.4 Å². The number of carbonyl (C=O) groups is 9. The average molecular weight is 1420 g/mol. The number of amides is 7. The molecule has 2 aliphatic heterocycles. The van der Waals surface area contributed by atoms with Crippen molar-refractivity contribution < 1.29 is 53.0 Å². The van der Waals surface area contributed by atoms with E-state index >= 15 is 19.2 Å². The lowest BCUT2D eigenvalue weighted by molar-refractivity contribution is -0.135. The van der Waals surface area contributed by atoms with Gasteiger partial charge >= 0.3 is 0 Å². The van der Waals surface area contributed by atoms with Crippen LogP contribution in [-0.2, 0) is 80.1 Å². The molecule has 0 saturated carbocycles. The number of rotatable bonds is 36. The molecule has 4 heterocycles. The van der Waals surface area contributed by atoms with E-state index in [0.29, 0.717) is 105 Å². The van der Waals surface area contributed by atoms with Crippen LogP contribution in [-0.4, -0.2) is 159 Å². The Bertz CT molecular complexity index is 3390. The molecular formula is C76H110ClN13O11. The minimum Gasteiger partial charge on any atom is -0.508 e. The minimum atomic E-state index is -1.33. The molecule has 7 amide bonds. The van der Waals surface area contributed by atoms with Crippen LogP contribution >= 0.6 is 11.6 Å². The first kappa shape index (κ1) is 80.3. The maximum atomic E-state index is 15.3. The molecule has 25 heteroatoms. The van der Waals surface area contributed by atoms with Gasteiger partial charge < -0.3 is 58.2 Å². The number of halogens is 1. The molecule has 2 bridgehead atoms. The number of fused-ring (bicyclic) bond motifs is 3. The summed E-state index contributed by atoms with van der Waals surface area (Å²) in [5.74, 6) is -7.06. The largest absolute Gasteiger partial charge is 0.508 e. The van der Waals surface area contributed by atoms with E-state index in [1.165, 1.54) is 76.3 Å². The molecule has 0 aliphatic carbocycles. The second kappa shape index (κ2) is 44.3. The number of aromatic amines is 1. The number of para-hydroxylation sites is 1. The predicted octanol–water partition coefficient (Wildman–Crippen LogP) is 7.86. The van der Waals surface area contributed by atoms with Crippen LogP contribution in [0.15, 0.2) is 85.2 Å². The van der Waals surface area contributed by atoms with E-state index < -0.39 is 95.5 Å². The number of phenolic OH excluding ortho intramolecular Hbond substituents is 1. The summed E-state index contributed by atoms with van der Waals surface area (Å²) >= 11 is 6.34. The second-order valence-corrected chi connectivity index (χ2v) is 27.9. The summed E-state index contributed by atoms with van der Waals surface area (Å²) in [6.45, 7) is 5.02. The number of aryl methyl sites for hydroxylation is 1. The number of nitrogens with two attached hydrogens (primary N) is 2. The van der Waals surface area contributed by atoms with Gasteiger partial charge in [0.05, 0.1) is 37.5 Å². The molecule has 2 aromatic heterocycles. The van der Waals surface area contributed by atoms with Crippen molar-refractivity contribution in [3.8, 4) is 5.75 Å². The molecule has 3 aromatic carbocycles. The molecule has 7 atom stereocenters. The van der Waals surface area contributed by atoms with Crippen LogP contribution in [0.25, 0.3) is 10.9 Å². The van der Waals surface area contributed by atoms with Gasteiger partial charge in [-0.15, -0.1) is 5.10 Å². The van der Waals surface area contributed by atoms with Gasteiger partial charge in [-0.2, -0.15) is 0 Å². The molecule has 552 valence electrons. The third-order valence-electron chi connectivity index (χ3n) is 19.2. The number of aromatic hydroxyl groups is 1. The fourth-order valence-corrected chi connectivity index (χ4v) is 13.3. The summed E-state index contributed by atoms with van der Waals surface area (Å²) in [5, 5.41) is 37.9. The van der Waals surface area contributed by atoms with Crippen LogP contribution in [0.2, 0.25) is 5.02 Å². The van der Waals surface area contributed by atoms with Gasteiger partial charge in [0.1, 0.15) is 23.9 Å². The fourth-order valence-electron chi connectivity index (χ4n) is 13.2. The zero-order chi connectivity index (χ0) is 72.1. The summed E-state index contributed by atoms with van der Waals surface area (Å²) in [6, 6.07) is 14.0. The van der Waals surface area contributed by atoms with Gasteiger partial charge in [0.2, 0.25) is 41.4 Å². The van der Waals surface area contributed by atoms with Crippen molar-refractivity contribution in [3.63, 3.8) is 0 Å². The first-order chi connectivity index (χ1) is 48.9. The summed E-state index contributed by atoms with van der Waals surface area (Å²) < 4.78 is 7.08. The molecule has 1 fully saturated rings. The van der Waals surface area contributed by atoms with E-state index in [9.17, 15) is 29.1 Å². The summed E-state index contributed by atoms with van der Waals surface area (Å²) in [7, 11) is 0. The minimum absolute atomic E-state index is 0.00370. The van der Waals surface area contributed by atoms with Crippen molar-refractivity contribution in [2.45, 2.75) is 230 Å². The molecule has 7 rings (SSSR count). The Morgan fingerprint density at radius 1 is 0.683 bits per heavy atom. The van der Waals surface area contributed by atoms with Gasteiger partial charge in [-0.25, -0.2) is 0 Å². The standard InChI is InChI=1S/C76H110ClN13O11/c1-2-3-4-5-6-7-8-9-10-11-12-13-14-28-70(94)80-38-21-18-23-55(72(79)96)47-68(92)63-26-19-22-39-90-51-59(87-88-90)49-67(82-71(95)52-89-40-42-101-43-41-89)76(100)86-66(46-57-50-81-62-25-16-15-24-61(57)62)75(99)84-64(27-17-20-37-78)74(98)85-65(45-54-31-35-60(91)36-32-54)69(93)48-56(73(97)83-63)44-53-29-33-58(77)34-30-53/h15-16,24-25,29-36,50-51,55-56,63-67,81,91H,2-14,17-23,26-28,37-49,52,78H2,1H3,(H2,79,96)(H,80,94)(H,82,95)(H,83,97)(H,84,99)(H,85,98)(H,86,100)/t55-,56+,63+,64-,65-,66-,67+/m1/s1. The molecule has 2 aliphatic rings. The predicted molar refractivity (Wildman–Crippen MR) is 389 cm³/mol. The van der Waals surface area contributed by atoms with Crippen molar-refractivity contribution in [2.75, 3.05) is 45.9 Å². The van der Waals surface area contributed by atoms with Gasteiger partial charge in [0.15, 0.2) is 11.6 Å². The highest BCUT2D eigenvalue weighted by Crippen LogP contribution is 2.24. The third kappa shape index (κ3) is 29.1. The highest BCUT2D eigenvalue weighted by atomic mass is 35.5. The van der Waals surface area contributed by atoms with Gasteiger partial charge in [0.25, 0.3) is 0 Å². The van der Waals surface area contributed by atoms with E-state index in [2.05, 4.69) is 54.1 Å². The number of aromatic nitrogens is 4. The van der Waals surface area contributed by atoms with E-state index in [-0.39, 0.29) is 82.7 Å². The maximum absolute atomic E-state index is 15.3. The Morgan fingerprint density at radius 3 is 2.04 bits per heavy atom. The number of hydrogen-bond acceptors (Lipinski definition) is 15. The van der Waals surface area contributed by atoms with Gasteiger partial charge in [-0.1, -0.05) is 150 Å². The lowest BCUT2D eigenvalue weighted by Crippen LogP contribution is -2.59. The lowest BCUT2D eigenvalue weighted by atomic mass is 9.88. The van der Waals surface area contributed by atoms with Crippen molar-refractivity contribution >= 4 is 75.4 Å². The number of primary amides is 1. The molecular weight excluding hydrogens is 1310 g/mol. The first-order valence-corrected chi connectivity index (χ1v) is 37.4. The van der Waals surface area contributed by atoms with E-state index in [0.717, 1.165) is 30.2 Å². The molecule has 101 heavy (non-hydrogen) atoms. The zero-order valence-electron chi connectivity index (χ0n) is 59.1. The van der Waals surface area contributed by atoms with Crippen molar-refractivity contribution in [2.24, 2.45) is 23.3 Å². The number of nitrogens with one attached hydrogen (secondary N) is 7. The van der Waals surface area contributed by atoms with Crippen LogP contribution < -0.4 is 43.4 Å². The first-order valence-electron chi connectivity index (χ1n) is 37.0. The highest BCUT2D eigenvalue weighted by Gasteiger charge is 2.36. The molecule has 0 radical (unpaired) electrons. The smallest absolute Gasteiger partial charge is 0.243 e. The molecule has 0 spiro atoms. The Hall–Kier alpha value is -8.06. The lowest BCUT2D eigenvalue weighted by Gasteiger charge is -2.28. The molecule has 0 unspecified atom stereocenters. The SMILES string of the molecule is CCCCCCCCCCCCCCCC(=O)NCCCC[C@H](CC(=O)[C@@H]1CCCCn2cc(nn2)C[C@H](NC(=O)CN2CCOCC2)C(=O)N[C@H](Cc2c[nH]c3ccccc23)C(=O)N[C@H](CCCCN)C(=O)N[C@H](Cc2ccc(O)cc2)C(=O)C[C@H](Cc2ccc(Cl)cc2)C(=O)N1)C(N)=O.